The van der Waals surface area contributed by atoms with Crippen LogP contribution in [0.15, 0.2) is 65.8 Å². The Morgan fingerprint density at radius 1 is 1.00 bits per heavy atom. The summed E-state index contributed by atoms with van der Waals surface area (Å²) in [6.45, 7) is 0.331. The van der Waals surface area contributed by atoms with E-state index in [-0.39, 0.29) is 4.90 Å². The van der Waals surface area contributed by atoms with E-state index < -0.39 is 19.9 Å². The third-order valence-corrected chi connectivity index (χ3v) is 7.55. The molecule has 0 atom stereocenters. The van der Waals surface area contributed by atoms with Gasteiger partial charge in [-0.05, 0) is 35.9 Å². The number of rotatable bonds is 8. The summed E-state index contributed by atoms with van der Waals surface area (Å²) in [5.74, 6) is 0.935. The molecule has 0 spiro atoms. The Bertz CT molecular complexity index is 1550. The zero-order valence-corrected chi connectivity index (χ0v) is 20.5. The average Bonchev–Trinajstić information content (AvgIpc) is 3.19. The van der Waals surface area contributed by atoms with Gasteiger partial charge >= 0.3 is 0 Å². The van der Waals surface area contributed by atoms with E-state index in [1.54, 1.807) is 47.2 Å². The number of sulfonamides is 1. The number of nitrogens with one attached hydrogen (secondary N) is 1. The summed E-state index contributed by atoms with van der Waals surface area (Å²) in [6, 6.07) is 13.9. The van der Waals surface area contributed by atoms with E-state index in [9.17, 15) is 16.8 Å². The average molecular weight is 501 g/mol. The van der Waals surface area contributed by atoms with Crippen LogP contribution >= 0.6 is 0 Å². The molecular weight excluding hydrogens is 476 g/mol. The Balaban J connectivity index is 1.56. The smallest absolute Gasteiger partial charge is 0.233 e. The molecular formula is C22H24N6O4S2. The molecule has 3 aromatic heterocycles. The van der Waals surface area contributed by atoms with Crippen LogP contribution in [0.3, 0.4) is 0 Å². The van der Waals surface area contributed by atoms with Gasteiger partial charge in [0.25, 0.3) is 0 Å². The van der Waals surface area contributed by atoms with Crippen LogP contribution in [0.1, 0.15) is 17.0 Å². The van der Waals surface area contributed by atoms with Gasteiger partial charge in [-0.1, -0.05) is 18.2 Å². The van der Waals surface area contributed by atoms with Crippen LogP contribution in [-0.4, -0.2) is 56.0 Å². The number of benzene rings is 1. The largest absolute Gasteiger partial charge is 0.378 e. The number of fused-ring (bicyclic) bond motifs is 1. The third kappa shape index (κ3) is 5.18. The van der Waals surface area contributed by atoms with Gasteiger partial charge in [0.1, 0.15) is 5.82 Å². The minimum absolute atomic E-state index is 0.266. The normalized spacial score (nSPS) is 12.1. The van der Waals surface area contributed by atoms with E-state index in [4.69, 9.17) is 0 Å². The van der Waals surface area contributed by atoms with E-state index in [1.807, 2.05) is 18.2 Å². The number of pyridine rings is 2. The van der Waals surface area contributed by atoms with E-state index in [0.29, 0.717) is 35.8 Å². The maximum Gasteiger partial charge on any atom is 0.233 e. The van der Waals surface area contributed by atoms with Crippen molar-refractivity contribution in [1.29, 1.82) is 0 Å². The van der Waals surface area contributed by atoms with Crippen molar-refractivity contribution in [3.63, 3.8) is 0 Å². The first-order chi connectivity index (χ1) is 16.0. The molecule has 0 saturated heterocycles. The molecule has 0 aliphatic rings. The molecule has 34 heavy (non-hydrogen) atoms. The molecule has 0 aliphatic heterocycles. The summed E-state index contributed by atoms with van der Waals surface area (Å²) in [4.78, 5) is 9.13. The van der Waals surface area contributed by atoms with Crippen LogP contribution in [-0.2, 0) is 32.8 Å². The molecule has 4 rings (SSSR count). The molecule has 178 valence electrons. The van der Waals surface area contributed by atoms with Gasteiger partial charge < -0.3 is 5.32 Å². The number of hydrogen-bond donors (Lipinski definition) is 1. The predicted octanol–water partition coefficient (Wildman–Crippen LogP) is 2.13. The molecule has 0 fully saturated rings. The van der Waals surface area contributed by atoms with Gasteiger partial charge in [-0.3, -0.25) is 4.31 Å². The van der Waals surface area contributed by atoms with Crippen LogP contribution < -0.4 is 9.62 Å². The van der Waals surface area contributed by atoms with Crippen molar-refractivity contribution in [2.24, 2.45) is 0 Å². The second-order valence-electron chi connectivity index (χ2n) is 7.88. The van der Waals surface area contributed by atoms with Crippen molar-refractivity contribution in [2.45, 2.75) is 17.9 Å². The van der Waals surface area contributed by atoms with Crippen molar-refractivity contribution >= 4 is 37.0 Å². The van der Waals surface area contributed by atoms with Crippen LogP contribution in [0.4, 0.5) is 11.5 Å². The second-order valence-corrected chi connectivity index (χ2v) is 11.9. The summed E-state index contributed by atoms with van der Waals surface area (Å²) in [6.07, 6.45) is 6.09. The molecule has 12 heteroatoms. The van der Waals surface area contributed by atoms with Crippen LogP contribution in [0, 0.1) is 0 Å². The quantitative estimate of drug-likeness (QED) is 0.390. The second kappa shape index (κ2) is 9.03. The predicted molar refractivity (Wildman–Crippen MR) is 130 cm³/mol. The number of aromatic nitrogens is 4. The monoisotopic (exact) mass is 500 g/mol. The molecule has 0 saturated carbocycles. The maximum absolute atomic E-state index is 12.0. The highest BCUT2D eigenvalue weighted by Crippen LogP contribution is 2.22. The molecule has 0 radical (unpaired) electrons. The lowest BCUT2D eigenvalue weighted by atomic mass is 10.1. The van der Waals surface area contributed by atoms with E-state index >= 15 is 0 Å². The lowest BCUT2D eigenvalue weighted by Gasteiger charge is -2.19. The Morgan fingerprint density at radius 2 is 1.74 bits per heavy atom. The van der Waals surface area contributed by atoms with E-state index in [1.165, 1.54) is 13.3 Å². The first kappa shape index (κ1) is 23.6. The molecule has 1 aromatic carbocycles. The van der Waals surface area contributed by atoms with E-state index in [0.717, 1.165) is 21.8 Å². The van der Waals surface area contributed by atoms with Crippen LogP contribution in [0.5, 0.6) is 0 Å². The lowest BCUT2D eigenvalue weighted by Crippen LogP contribution is -2.27. The standard InChI is InChI=1S/C22H24N6O4S2/c1-27(34(3,31)32)21-17(6-4-12-23-21)15-24-19-7-5-13-28-22(19)25-20(26-28)14-16-8-10-18(11-9-16)33(2,29)30/h4-13,24H,14-15H2,1-3H3. The minimum atomic E-state index is -3.45. The van der Waals surface area contributed by atoms with Crippen molar-refractivity contribution < 1.29 is 16.8 Å². The summed E-state index contributed by atoms with van der Waals surface area (Å²) in [7, 11) is -5.23. The molecule has 3 heterocycles. The van der Waals surface area contributed by atoms with Crippen molar-refractivity contribution in [2.75, 3.05) is 29.2 Å². The first-order valence-electron chi connectivity index (χ1n) is 10.3. The number of sulfone groups is 1. The number of anilines is 2. The molecule has 0 aliphatic carbocycles. The lowest BCUT2D eigenvalue weighted by molar-refractivity contribution is 0.598. The van der Waals surface area contributed by atoms with Gasteiger partial charge in [0.05, 0.1) is 16.8 Å². The Hall–Kier alpha value is -3.51. The molecule has 0 bridgehead atoms. The zero-order chi connectivity index (χ0) is 24.5. The van der Waals surface area contributed by atoms with Gasteiger partial charge in [-0.2, -0.15) is 5.10 Å². The van der Waals surface area contributed by atoms with Gasteiger partial charge in [-0.25, -0.2) is 31.3 Å². The summed E-state index contributed by atoms with van der Waals surface area (Å²) in [5.41, 5.74) is 2.95. The van der Waals surface area contributed by atoms with Gasteiger partial charge in [0.2, 0.25) is 10.0 Å². The van der Waals surface area contributed by atoms with Gasteiger partial charge in [0, 0.05) is 44.2 Å². The number of hydrogen-bond acceptors (Lipinski definition) is 8. The van der Waals surface area contributed by atoms with Crippen molar-refractivity contribution in [3.8, 4) is 0 Å². The fourth-order valence-corrected chi connectivity index (χ4v) is 4.51. The fraction of sp³-hybridized carbons (Fsp3) is 0.227. The molecule has 0 amide bonds. The molecule has 4 aromatic rings. The Labute approximate surface area is 198 Å². The summed E-state index contributed by atoms with van der Waals surface area (Å²) < 4.78 is 50.1. The summed E-state index contributed by atoms with van der Waals surface area (Å²) in [5, 5.41) is 7.82. The highest BCUT2D eigenvalue weighted by Gasteiger charge is 2.17. The van der Waals surface area contributed by atoms with Gasteiger partial charge in [0.15, 0.2) is 21.3 Å². The molecule has 0 unspecified atom stereocenters. The van der Waals surface area contributed by atoms with Crippen LogP contribution in [0.25, 0.3) is 5.65 Å². The summed E-state index contributed by atoms with van der Waals surface area (Å²) >= 11 is 0. The van der Waals surface area contributed by atoms with Gasteiger partial charge in [-0.15, -0.1) is 0 Å². The topological polar surface area (TPSA) is 127 Å². The highest BCUT2D eigenvalue weighted by molar-refractivity contribution is 7.92. The Kier molecular flexibility index (Phi) is 6.28. The SMILES string of the molecule is CN(c1ncccc1CNc1cccn2nc(Cc3ccc(S(C)(=O)=O)cc3)nc12)S(C)(=O)=O. The Morgan fingerprint density at radius 3 is 2.41 bits per heavy atom. The minimum Gasteiger partial charge on any atom is -0.378 e. The molecule has 1 N–H and O–H groups in total. The molecule has 10 nitrogen and oxygen atoms in total. The highest BCUT2D eigenvalue weighted by atomic mass is 32.2. The number of nitrogens with zero attached hydrogens (tertiary/aromatic N) is 5. The fourth-order valence-electron chi connectivity index (χ4n) is 3.40. The zero-order valence-electron chi connectivity index (χ0n) is 18.9. The van der Waals surface area contributed by atoms with Crippen molar-refractivity contribution in [3.05, 3.63) is 77.9 Å². The van der Waals surface area contributed by atoms with E-state index in [2.05, 4.69) is 20.4 Å². The van der Waals surface area contributed by atoms with Crippen molar-refractivity contribution in [1.82, 2.24) is 19.6 Å². The maximum atomic E-state index is 12.0. The van der Waals surface area contributed by atoms with Crippen LogP contribution in [0.2, 0.25) is 0 Å². The first-order valence-corrected chi connectivity index (χ1v) is 14.0. The third-order valence-electron chi connectivity index (χ3n) is 5.25.